The molecule has 1 heterocycles. The van der Waals surface area contributed by atoms with Crippen LogP contribution in [0.5, 0.6) is 0 Å². The summed E-state index contributed by atoms with van der Waals surface area (Å²) in [6.45, 7) is 1.50. The summed E-state index contributed by atoms with van der Waals surface area (Å²) in [5.41, 5.74) is 3.23. The Hall–Kier alpha value is -0.630. The highest BCUT2D eigenvalue weighted by Gasteiger charge is 2.24. The maximum atomic E-state index is 12.6. The van der Waals surface area contributed by atoms with Crippen molar-refractivity contribution in [1.82, 2.24) is 4.90 Å². The number of hydrogen-bond donors (Lipinski definition) is 0. The second-order valence-corrected chi connectivity index (χ2v) is 7.40. The van der Waals surface area contributed by atoms with E-state index in [1.807, 2.05) is 11.0 Å². The topological polar surface area (TPSA) is 20.3 Å². The summed E-state index contributed by atoms with van der Waals surface area (Å²) in [4.78, 5) is 14.5. The van der Waals surface area contributed by atoms with E-state index in [2.05, 4.69) is 81.6 Å². The number of fused-ring (bicyclic) bond motifs is 1. The van der Waals surface area contributed by atoms with Crippen molar-refractivity contribution in [2.45, 2.75) is 13.0 Å². The molecule has 2 aromatic rings. The lowest BCUT2D eigenvalue weighted by atomic mass is 9.99. The highest BCUT2D eigenvalue weighted by Crippen LogP contribution is 2.22. The normalized spacial score (nSPS) is 14.3. The molecule has 0 atom stereocenters. The zero-order chi connectivity index (χ0) is 14.1. The third kappa shape index (κ3) is 3.00. The summed E-state index contributed by atoms with van der Waals surface area (Å²) >= 11 is 4.55. The van der Waals surface area contributed by atoms with Gasteiger partial charge in [0.15, 0.2) is 0 Å². The van der Waals surface area contributed by atoms with Gasteiger partial charge in [-0.2, -0.15) is 0 Å². The zero-order valence-electron chi connectivity index (χ0n) is 10.8. The minimum atomic E-state index is 0.156. The predicted molar refractivity (Wildman–Crippen MR) is 96.8 cm³/mol. The lowest BCUT2D eigenvalue weighted by molar-refractivity contribution is 0.0727. The minimum Gasteiger partial charge on any atom is -0.334 e. The summed E-state index contributed by atoms with van der Waals surface area (Å²) in [6.07, 6.45) is 0.947. The second kappa shape index (κ2) is 6.01. The van der Waals surface area contributed by atoms with Crippen LogP contribution in [-0.4, -0.2) is 17.4 Å². The molecule has 2 aromatic carbocycles. The maximum Gasteiger partial charge on any atom is 0.254 e. The second-order valence-electron chi connectivity index (χ2n) is 4.90. The number of benzene rings is 2. The monoisotopic (exact) mass is 489 g/mol. The molecule has 0 aromatic heterocycles. The number of amides is 1. The van der Waals surface area contributed by atoms with Gasteiger partial charge in [-0.25, -0.2) is 0 Å². The van der Waals surface area contributed by atoms with Crippen LogP contribution in [0.25, 0.3) is 0 Å². The van der Waals surface area contributed by atoms with E-state index in [1.54, 1.807) is 0 Å². The van der Waals surface area contributed by atoms with Crippen molar-refractivity contribution in [2.24, 2.45) is 0 Å². The molecule has 0 bridgehead atoms. The van der Waals surface area contributed by atoms with E-state index in [9.17, 15) is 4.79 Å². The molecule has 1 amide bonds. The van der Waals surface area contributed by atoms with Crippen molar-refractivity contribution in [1.29, 1.82) is 0 Å². The Bertz CT molecular complexity index is 652. The fraction of sp³-hybridized carbons (Fsp3) is 0.188. The summed E-state index contributed by atoms with van der Waals surface area (Å²) < 4.78 is 2.34. The Morgan fingerprint density at radius 2 is 1.70 bits per heavy atom. The molecule has 0 N–H and O–H groups in total. The Labute approximate surface area is 145 Å². The highest BCUT2D eigenvalue weighted by molar-refractivity contribution is 14.1. The van der Waals surface area contributed by atoms with Gasteiger partial charge in [0.1, 0.15) is 0 Å². The Morgan fingerprint density at radius 3 is 2.45 bits per heavy atom. The van der Waals surface area contributed by atoms with Gasteiger partial charge in [-0.15, -0.1) is 0 Å². The third-order valence-corrected chi connectivity index (χ3v) is 4.92. The van der Waals surface area contributed by atoms with Gasteiger partial charge < -0.3 is 4.90 Å². The van der Waals surface area contributed by atoms with Crippen LogP contribution in [0, 0.1) is 7.14 Å². The van der Waals surface area contributed by atoms with Crippen LogP contribution in [0.2, 0.25) is 0 Å². The van der Waals surface area contributed by atoms with E-state index in [1.165, 1.54) is 14.7 Å². The molecule has 0 fully saturated rings. The Morgan fingerprint density at radius 1 is 1.00 bits per heavy atom. The molecule has 0 aliphatic carbocycles. The van der Waals surface area contributed by atoms with Crippen LogP contribution in [0.3, 0.4) is 0 Å². The molecule has 0 saturated heterocycles. The van der Waals surface area contributed by atoms with Crippen molar-refractivity contribution in [3.05, 3.63) is 66.3 Å². The van der Waals surface area contributed by atoms with E-state index in [-0.39, 0.29) is 5.91 Å². The molecule has 102 valence electrons. The summed E-state index contributed by atoms with van der Waals surface area (Å²) in [7, 11) is 0. The van der Waals surface area contributed by atoms with E-state index in [0.29, 0.717) is 6.54 Å². The summed E-state index contributed by atoms with van der Waals surface area (Å²) in [5, 5.41) is 0. The molecule has 2 nitrogen and oxygen atoms in total. The SMILES string of the molecule is O=C1c2cc(I)ccc2CCN1Cc1ccc(I)cc1. The van der Waals surface area contributed by atoms with Gasteiger partial charge in [0, 0.05) is 25.8 Å². The average Bonchev–Trinajstić information content (AvgIpc) is 2.45. The Balaban J connectivity index is 1.83. The summed E-state index contributed by atoms with van der Waals surface area (Å²) in [6, 6.07) is 14.5. The van der Waals surface area contributed by atoms with Crippen molar-refractivity contribution in [3.8, 4) is 0 Å². The van der Waals surface area contributed by atoms with Crippen LogP contribution in [0.1, 0.15) is 21.5 Å². The van der Waals surface area contributed by atoms with Gasteiger partial charge in [-0.3, -0.25) is 4.79 Å². The van der Waals surface area contributed by atoms with Crippen molar-refractivity contribution in [2.75, 3.05) is 6.54 Å². The lowest BCUT2D eigenvalue weighted by Crippen LogP contribution is -2.37. The maximum absolute atomic E-state index is 12.6. The molecule has 20 heavy (non-hydrogen) atoms. The minimum absolute atomic E-state index is 0.156. The number of nitrogens with zero attached hydrogens (tertiary/aromatic N) is 1. The standard InChI is InChI=1S/C16H13I2NO/c17-13-4-1-11(2-5-13)10-19-8-7-12-3-6-14(18)9-15(12)16(19)20/h1-6,9H,7-8,10H2. The number of hydrogen-bond acceptors (Lipinski definition) is 1. The van der Waals surface area contributed by atoms with E-state index in [0.717, 1.165) is 22.1 Å². The van der Waals surface area contributed by atoms with Gasteiger partial charge in [-0.05, 0) is 87.0 Å². The van der Waals surface area contributed by atoms with Gasteiger partial charge in [0.2, 0.25) is 0 Å². The van der Waals surface area contributed by atoms with Gasteiger partial charge in [0.05, 0.1) is 0 Å². The fourth-order valence-corrected chi connectivity index (χ4v) is 3.30. The Kier molecular flexibility index (Phi) is 4.30. The van der Waals surface area contributed by atoms with Crippen LogP contribution < -0.4 is 0 Å². The number of rotatable bonds is 2. The lowest BCUT2D eigenvalue weighted by Gasteiger charge is -2.28. The number of carbonyl (C=O) groups is 1. The first kappa shape index (κ1) is 14.3. The van der Waals surface area contributed by atoms with Crippen molar-refractivity contribution in [3.63, 3.8) is 0 Å². The average molecular weight is 489 g/mol. The molecule has 0 unspecified atom stereocenters. The first-order valence-corrected chi connectivity index (χ1v) is 8.61. The first-order chi connectivity index (χ1) is 9.63. The fourth-order valence-electron chi connectivity index (χ4n) is 2.45. The van der Waals surface area contributed by atoms with Gasteiger partial charge in [-0.1, -0.05) is 18.2 Å². The van der Waals surface area contributed by atoms with Crippen molar-refractivity contribution >= 4 is 51.1 Å². The molecule has 4 heteroatoms. The molecule has 3 rings (SSSR count). The van der Waals surface area contributed by atoms with Crippen LogP contribution in [0.15, 0.2) is 42.5 Å². The molecule has 1 aliphatic rings. The highest BCUT2D eigenvalue weighted by atomic mass is 127. The van der Waals surface area contributed by atoms with Crippen LogP contribution >= 0.6 is 45.2 Å². The van der Waals surface area contributed by atoms with E-state index in [4.69, 9.17) is 0 Å². The number of halogens is 2. The molecule has 0 radical (unpaired) electrons. The molecule has 0 spiro atoms. The third-order valence-electron chi connectivity index (χ3n) is 3.53. The zero-order valence-corrected chi connectivity index (χ0v) is 15.1. The number of carbonyl (C=O) groups excluding carboxylic acids is 1. The largest absolute Gasteiger partial charge is 0.334 e. The molecule has 0 saturated carbocycles. The van der Waals surface area contributed by atoms with Gasteiger partial charge in [0.25, 0.3) is 5.91 Å². The first-order valence-electron chi connectivity index (χ1n) is 6.45. The predicted octanol–water partition coefficient (Wildman–Crippen LogP) is 4.09. The van der Waals surface area contributed by atoms with E-state index < -0.39 is 0 Å². The smallest absolute Gasteiger partial charge is 0.254 e. The van der Waals surface area contributed by atoms with Crippen molar-refractivity contribution < 1.29 is 4.79 Å². The van der Waals surface area contributed by atoms with Gasteiger partial charge >= 0.3 is 0 Å². The summed E-state index contributed by atoms with van der Waals surface area (Å²) in [5.74, 6) is 0.156. The quantitative estimate of drug-likeness (QED) is 0.583. The van der Waals surface area contributed by atoms with E-state index >= 15 is 0 Å². The molecular weight excluding hydrogens is 476 g/mol. The van der Waals surface area contributed by atoms with Crippen LogP contribution in [0.4, 0.5) is 0 Å². The van der Waals surface area contributed by atoms with Crippen LogP contribution in [-0.2, 0) is 13.0 Å². The molecular formula is C16H13I2NO. The molecule has 1 aliphatic heterocycles.